The molecular weight excluding hydrogens is 198 g/mol. The summed E-state index contributed by atoms with van der Waals surface area (Å²) in [6.07, 6.45) is 7.69. The lowest BCUT2D eigenvalue weighted by atomic mass is 10.2. The lowest BCUT2D eigenvalue weighted by Gasteiger charge is -2.12. The largest absolute Gasteiger partial charge is 0.356 e. The number of aryl methyl sites for hydroxylation is 1. The van der Waals surface area contributed by atoms with Gasteiger partial charge in [0.05, 0.1) is 5.69 Å². The van der Waals surface area contributed by atoms with E-state index in [-0.39, 0.29) is 0 Å². The molecule has 1 aliphatic carbocycles. The number of anilines is 1. The van der Waals surface area contributed by atoms with Crippen molar-refractivity contribution in [1.29, 1.82) is 0 Å². The predicted molar refractivity (Wildman–Crippen MR) is 67.8 cm³/mol. The van der Waals surface area contributed by atoms with Crippen LogP contribution < -0.4 is 5.32 Å². The second-order valence-electron chi connectivity index (χ2n) is 5.22. The van der Waals surface area contributed by atoms with E-state index >= 15 is 0 Å². The van der Waals surface area contributed by atoms with Gasteiger partial charge >= 0.3 is 0 Å². The lowest BCUT2D eigenvalue weighted by Crippen LogP contribution is -2.10. The summed E-state index contributed by atoms with van der Waals surface area (Å²) in [5.74, 6) is 2.07. The molecule has 1 fully saturated rings. The molecule has 1 aromatic rings. The van der Waals surface area contributed by atoms with Crippen LogP contribution in [-0.2, 0) is 0 Å². The highest BCUT2D eigenvalue weighted by Crippen LogP contribution is 2.33. The van der Waals surface area contributed by atoms with Crippen molar-refractivity contribution in [2.24, 2.45) is 5.92 Å². The molecule has 0 amide bonds. The van der Waals surface area contributed by atoms with Crippen molar-refractivity contribution >= 4 is 5.95 Å². The van der Waals surface area contributed by atoms with Crippen molar-refractivity contribution < 1.29 is 0 Å². The average molecular weight is 221 g/mol. The summed E-state index contributed by atoms with van der Waals surface area (Å²) in [5, 5.41) is 3.45. The minimum atomic E-state index is 0.479. The molecule has 1 aromatic heterocycles. The quantitative estimate of drug-likeness (QED) is 0.746. The summed E-state index contributed by atoms with van der Waals surface area (Å²) < 4.78 is 2.21. The zero-order valence-electron chi connectivity index (χ0n) is 10.7. The third kappa shape index (κ3) is 3.00. The van der Waals surface area contributed by atoms with Crippen LogP contribution in [0.3, 0.4) is 0 Å². The van der Waals surface area contributed by atoms with Crippen molar-refractivity contribution in [2.45, 2.75) is 52.5 Å². The minimum Gasteiger partial charge on any atom is -0.356 e. The van der Waals surface area contributed by atoms with Gasteiger partial charge in [0.25, 0.3) is 0 Å². The van der Waals surface area contributed by atoms with Gasteiger partial charge in [-0.05, 0) is 39.5 Å². The number of rotatable bonds is 6. The summed E-state index contributed by atoms with van der Waals surface area (Å²) >= 11 is 0. The highest BCUT2D eigenvalue weighted by molar-refractivity contribution is 5.29. The van der Waals surface area contributed by atoms with Crippen molar-refractivity contribution in [2.75, 3.05) is 11.9 Å². The SMILES string of the molecule is Cc1cn(C(C)C)c(NCCCC2CC2)n1. The zero-order chi connectivity index (χ0) is 11.5. The molecule has 0 saturated heterocycles. The number of aromatic nitrogens is 2. The Bertz CT molecular complexity index is 337. The zero-order valence-corrected chi connectivity index (χ0v) is 10.7. The van der Waals surface area contributed by atoms with Crippen LogP contribution in [0.25, 0.3) is 0 Å². The van der Waals surface area contributed by atoms with E-state index in [9.17, 15) is 0 Å². The van der Waals surface area contributed by atoms with Gasteiger partial charge < -0.3 is 9.88 Å². The van der Waals surface area contributed by atoms with Crippen molar-refractivity contribution in [1.82, 2.24) is 9.55 Å². The third-order valence-corrected chi connectivity index (χ3v) is 3.18. The Morgan fingerprint density at radius 3 is 2.88 bits per heavy atom. The van der Waals surface area contributed by atoms with E-state index < -0.39 is 0 Å². The molecular formula is C13H23N3. The normalized spacial score (nSPS) is 15.8. The number of nitrogens with zero attached hydrogens (tertiary/aromatic N) is 2. The molecule has 0 aromatic carbocycles. The first-order valence-corrected chi connectivity index (χ1v) is 6.46. The van der Waals surface area contributed by atoms with Gasteiger partial charge in [-0.2, -0.15) is 0 Å². The van der Waals surface area contributed by atoms with Crippen molar-refractivity contribution in [3.63, 3.8) is 0 Å². The molecule has 3 nitrogen and oxygen atoms in total. The van der Waals surface area contributed by atoms with Crippen molar-refractivity contribution in [3.05, 3.63) is 11.9 Å². The van der Waals surface area contributed by atoms with E-state index in [1.165, 1.54) is 25.7 Å². The van der Waals surface area contributed by atoms with E-state index in [1.54, 1.807) is 0 Å². The van der Waals surface area contributed by atoms with Gasteiger partial charge in [0.15, 0.2) is 0 Å². The van der Waals surface area contributed by atoms with E-state index in [0.29, 0.717) is 6.04 Å². The number of hydrogen-bond donors (Lipinski definition) is 1. The maximum atomic E-state index is 4.52. The number of imidazole rings is 1. The standard InChI is InChI=1S/C13H23N3/c1-10(2)16-9-11(3)15-13(16)14-8-4-5-12-6-7-12/h9-10,12H,4-8H2,1-3H3,(H,14,15). The first-order valence-electron chi connectivity index (χ1n) is 6.46. The molecule has 2 rings (SSSR count). The maximum Gasteiger partial charge on any atom is 0.203 e. The van der Waals surface area contributed by atoms with E-state index in [4.69, 9.17) is 0 Å². The van der Waals surface area contributed by atoms with Crippen LogP contribution >= 0.6 is 0 Å². The van der Waals surface area contributed by atoms with Crippen LogP contribution in [0.4, 0.5) is 5.95 Å². The monoisotopic (exact) mass is 221 g/mol. The Balaban J connectivity index is 1.81. The van der Waals surface area contributed by atoms with Crippen LogP contribution in [0.15, 0.2) is 6.20 Å². The summed E-state index contributed by atoms with van der Waals surface area (Å²) in [5.41, 5.74) is 1.10. The van der Waals surface area contributed by atoms with Gasteiger partial charge in [0.1, 0.15) is 0 Å². The highest BCUT2D eigenvalue weighted by atomic mass is 15.2. The van der Waals surface area contributed by atoms with Crippen LogP contribution in [0.2, 0.25) is 0 Å². The summed E-state index contributed by atoms with van der Waals surface area (Å²) in [6, 6.07) is 0.479. The Labute approximate surface area is 98.3 Å². The summed E-state index contributed by atoms with van der Waals surface area (Å²) in [4.78, 5) is 4.52. The van der Waals surface area contributed by atoms with Crippen LogP contribution in [0.5, 0.6) is 0 Å². The molecule has 0 radical (unpaired) electrons. The lowest BCUT2D eigenvalue weighted by molar-refractivity contribution is 0.601. The molecule has 0 atom stereocenters. The Hall–Kier alpha value is -0.990. The van der Waals surface area contributed by atoms with E-state index in [2.05, 4.69) is 34.9 Å². The molecule has 1 saturated carbocycles. The van der Waals surface area contributed by atoms with Gasteiger partial charge in [-0.15, -0.1) is 0 Å². The average Bonchev–Trinajstić information content (AvgIpc) is 2.96. The van der Waals surface area contributed by atoms with Gasteiger partial charge in [0.2, 0.25) is 5.95 Å². The molecule has 0 bridgehead atoms. The van der Waals surface area contributed by atoms with Crippen molar-refractivity contribution in [3.8, 4) is 0 Å². The van der Waals surface area contributed by atoms with Crippen LogP contribution in [-0.4, -0.2) is 16.1 Å². The van der Waals surface area contributed by atoms with E-state index in [1.807, 2.05) is 6.92 Å². The fraction of sp³-hybridized carbons (Fsp3) is 0.769. The second-order valence-corrected chi connectivity index (χ2v) is 5.22. The van der Waals surface area contributed by atoms with Crippen LogP contribution in [0, 0.1) is 12.8 Å². The summed E-state index contributed by atoms with van der Waals surface area (Å²) in [6.45, 7) is 7.49. The molecule has 0 spiro atoms. The fourth-order valence-corrected chi connectivity index (χ4v) is 2.04. The highest BCUT2D eigenvalue weighted by Gasteiger charge is 2.20. The molecule has 0 unspecified atom stereocenters. The van der Waals surface area contributed by atoms with Crippen LogP contribution in [0.1, 0.15) is 51.3 Å². The topological polar surface area (TPSA) is 29.9 Å². The first kappa shape index (κ1) is 11.5. The minimum absolute atomic E-state index is 0.479. The van der Waals surface area contributed by atoms with Gasteiger partial charge in [-0.1, -0.05) is 12.8 Å². The molecule has 90 valence electrons. The molecule has 1 heterocycles. The smallest absolute Gasteiger partial charge is 0.203 e. The maximum absolute atomic E-state index is 4.52. The van der Waals surface area contributed by atoms with Gasteiger partial charge in [-0.25, -0.2) is 4.98 Å². The molecule has 16 heavy (non-hydrogen) atoms. The molecule has 1 N–H and O–H groups in total. The molecule has 0 aliphatic heterocycles. The summed E-state index contributed by atoms with van der Waals surface area (Å²) in [7, 11) is 0. The number of hydrogen-bond acceptors (Lipinski definition) is 2. The first-order chi connectivity index (χ1) is 7.66. The molecule has 1 aliphatic rings. The number of nitrogens with one attached hydrogen (secondary N) is 1. The second kappa shape index (κ2) is 4.89. The Morgan fingerprint density at radius 2 is 2.25 bits per heavy atom. The third-order valence-electron chi connectivity index (χ3n) is 3.18. The Morgan fingerprint density at radius 1 is 1.50 bits per heavy atom. The Kier molecular flexibility index (Phi) is 3.52. The van der Waals surface area contributed by atoms with Gasteiger partial charge in [-0.3, -0.25) is 0 Å². The predicted octanol–water partition coefficient (Wildman–Crippen LogP) is 3.37. The van der Waals surface area contributed by atoms with E-state index in [0.717, 1.165) is 24.1 Å². The van der Waals surface area contributed by atoms with Gasteiger partial charge in [0, 0.05) is 18.8 Å². The molecule has 3 heteroatoms. The fourth-order valence-electron chi connectivity index (χ4n) is 2.04.